The Balaban J connectivity index is 1.41. The minimum absolute atomic E-state index is 0.246. The van der Waals surface area contributed by atoms with Crippen LogP contribution in [0.15, 0.2) is 18.6 Å². The van der Waals surface area contributed by atoms with Crippen molar-refractivity contribution >= 4 is 17.5 Å². The number of rotatable bonds is 7. The highest BCUT2D eigenvalue weighted by Gasteiger charge is 2.44. The second-order valence-electron chi connectivity index (χ2n) is 8.01. The Morgan fingerprint density at radius 1 is 1.36 bits per heavy atom. The van der Waals surface area contributed by atoms with Crippen molar-refractivity contribution in [3.8, 4) is 6.07 Å². The molecule has 1 saturated heterocycles. The number of aryl methyl sites for hydroxylation is 2. The third-order valence-corrected chi connectivity index (χ3v) is 5.55. The average Bonchev–Trinajstić information content (AvgIpc) is 3.01. The lowest BCUT2D eigenvalue weighted by Gasteiger charge is -2.51. The Morgan fingerprint density at radius 3 is 2.79 bits per heavy atom. The highest BCUT2D eigenvalue weighted by Crippen LogP contribution is 2.34. The van der Waals surface area contributed by atoms with Crippen LogP contribution in [0.4, 0.5) is 21.8 Å². The van der Waals surface area contributed by atoms with Crippen molar-refractivity contribution in [2.45, 2.75) is 37.9 Å². The molecule has 2 fully saturated rings. The van der Waals surface area contributed by atoms with Crippen LogP contribution in [0.3, 0.4) is 0 Å². The summed E-state index contributed by atoms with van der Waals surface area (Å²) in [6.45, 7) is 4.16. The summed E-state index contributed by atoms with van der Waals surface area (Å²) in [4.78, 5) is 11.2. The molecule has 1 saturated carbocycles. The monoisotopic (exact) mass is 384 g/mol. The van der Waals surface area contributed by atoms with Gasteiger partial charge in [0.1, 0.15) is 12.0 Å². The van der Waals surface area contributed by atoms with Gasteiger partial charge in [-0.05, 0) is 32.2 Å². The van der Waals surface area contributed by atoms with Gasteiger partial charge in [0.05, 0.1) is 29.9 Å². The standard InChI is InChI=1S/C19H25FN8/c1-13-7-22-18(25-16-9-24-27(2)10-16)26-17(13)28-11-19(12-28,3-4-21)23-8-14-5-15(20)6-14/h7,9-10,14-15,23H,3,5-6,8,11-12H2,1-2H3,(H,22,25,26). The third kappa shape index (κ3) is 3.78. The predicted molar refractivity (Wildman–Crippen MR) is 104 cm³/mol. The smallest absolute Gasteiger partial charge is 0.229 e. The number of halogens is 1. The molecule has 4 rings (SSSR count). The first-order valence-corrected chi connectivity index (χ1v) is 9.57. The van der Waals surface area contributed by atoms with E-state index in [0.717, 1.165) is 23.6 Å². The number of nitrogens with zero attached hydrogens (tertiary/aromatic N) is 6. The van der Waals surface area contributed by atoms with Crippen molar-refractivity contribution in [1.82, 2.24) is 25.1 Å². The number of nitriles is 1. The summed E-state index contributed by atoms with van der Waals surface area (Å²) in [6, 6.07) is 2.29. The van der Waals surface area contributed by atoms with Gasteiger partial charge < -0.3 is 15.5 Å². The maximum absolute atomic E-state index is 13.0. The largest absolute Gasteiger partial charge is 0.352 e. The van der Waals surface area contributed by atoms with Crippen LogP contribution in [-0.2, 0) is 7.05 Å². The fraction of sp³-hybridized carbons (Fsp3) is 0.579. The maximum atomic E-state index is 13.0. The Labute approximate surface area is 163 Å². The van der Waals surface area contributed by atoms with Crippen LogP contribution in [0.25, 0.3) is 0 Å². The van der Waals surface area contributed by atoms with E-state index in [0.29, 0.717) is 44.2 Å². The lowest BCUT2D eigenvalue weighted by Crippen LogP contribution is -2.70. The number of nitrogens with one attached hydrogen (secondary N) is 2. The van der Waals surface area contributed by atoms with Gasteiger partial charge in [0.25, 0.3) is 0 Å². The van der Waals surface area contributed by atoms with E-state index in [9.17, 15) is 9.65 Å². The van der Waals surface area contributed by atoms with Crippen LogP contribution in [0.2, 0.25) is 0 Å². The van der Waals surface area contributed by atoms with Crippen LogP contribution in [-0.4, -0.2) is 51.1 Å². The molecular weight excluding hydrogens is 359 g/mol. The molecule has 0 spiro atoms. The maximum Gasteiger partial charge on any atom is 0.229 e. The number of aromatic nitrogens is 4. The van der Waals surface area contributed by atoms with Crippen LogP contribution in [0.1, 0.15) is 24.8 Å². The number of anilines is 3. The Kier molecular flexibility index (Phi) is 4.89. The lowest BCUT2D eigenvalue weighted by molar-refractivity contribution is 0.115. The van der Waals surface area contributed by atoms with Gasteiger partial charge in [-0.25, -0.2) is 9.37 Å². The molecule has 1 aliphatic carbocycles. The zero-order valence-electron chi connectivity index (χ0n) is 16.2. The molecule has 28 heavy (non-hydrogen) atoms. The molecular formula is C19H25FN8. The number of hydrogen-bond acceptors (Lipinski definition) is 7. The SMILES string of the molecule is Cc1cnc(Nc2cnn(C)c2)nc1N1CC(CC#N)(NCC2CC(F)C2)C1. The van der Waals surface area contributed by atoms with E-state index in [2.05, 4.69) is 36.7 Å². The molecule has 0 amide bonds. The summed E-state index contributed by atoms with van der Waals surface area (Å²) in [6.07, 6.45) is 6.43. The van der Waals surface area contributed by atoms with E-state index in [1.165, 1.54) is 0 Å². The first-order valence-electron chi connectivity index (χ1n) is 9.57. The molecule has 2 N–H and O–H groups in total. The van der Waals surface area contributed by atoms with E-state index in [-0.39, 0.29) is 5.54 Å². The van der Waals surface area contributed by atoms with Crippen LogP contribution in [0, 0.1) is 24.2 Å². The molecule has 0 bridgehead atoms. The lowest BCUT2D eigenvalue weighted by atomic mass is 9.81. The van der Waals surface area contributed by atoms with E-state index in [1.54, 1.807) is 17.1 Å². The topological polar surface area (TPSA) is 94.7 Å². The van der Waals surface area contributed by atoms with Crippen LogP contribution >= 0.6 is 0 Å². The van der Waals surface area contributed by atoms with Crippen molar-refractivity contribution in [2.75, 3.05) is 29.9 Å². The van der Waals surface area contributed by atoms with Gasteiger partial charge in [0.15, 0.2) is 0 Å². The quantitative estimate of drug-likeness (QED) is 0.755. The number of hydrogen-bond donors (Lipinski definition) is 2. The van der Waals surface area contributed by atoms with Gasteiger partial charge in [-0.3, -0.25) is 4.68 Å². The Hall–Kier alpha value is -2.73. The second kappa shape index (κ2) is 7.36. The van der Waals surface area contributed by atoms with Gasteiger partial charge in [-0.15, -0.1) is 0 Å². The molecule has 0 aromatic carbocycles. The fourth-order valence-electron chi connectivity index (χ4n) is 3.88. The minimum Gasteiger partial charge on any atom is -0.352 e. The normalized spacial score (nSPS) is 22.9. The van der Waals surface area contributed by atoms with E-state index in [4.69, 9.17) is 0 Å². The van der Waals surface area contributed by atoms with Crippen LogP contribution < -0.4 is 15.5 Å². The second-order valence-corrected chi connectivity index (χ2v) is 8.01. The van der Waals surface area contributed by atoms with Crippen LogP contribution in [0.5, 0.6) is 0 Å². The summed E-state index contributed by atoms with van der Waals surface area (Å²) < 4.78 is 14.8. The first-order chi connectivity index (χ1) is 13.5. The van der Waals surface area contributed by atoms with Crippen molar-refractivity contribution in [2.24, 2.45) is 13.0 Å². The molecule has 8 nitrogen and oxygen atoms in total. The summed E-state index contributed by atoms with van der Waals surface area (Å²) in [5.41, 5.74) is 1.57. The summed E-state index contributed by atoms with van der Waals surface area (Å²) in [5.74, 6) is 1.77. The molecule has 2 aromatic rings. The average molecular weight is 384 g/mol. The van der Waals surface area contributed by atoms with Gasteiger partial charge in [0.2, 0.25) is 5.95 Å². The molecule has 0 radical (unpaired) electrons. The molecule has 9 heteroatoms. The molecule has 1 aliphatic heterocycles. The van der Waals surface area contributed by atoms with Gasteiger partial charge >= 0.3 is 0 Å². The first kappa shape index (κ1) is 18.6. The van der Waals surface area contributed by atoms with Gasteiger partial charge in [0, 0.05) is 38.1 Å². The van der Waals surface area contributed by atoms with Crippen molar-refractivity contribution in [3.63, 3.8) is 0 Å². The van der Waals surface area contributed by atoms with E-state index >= 15 is 0 Å². The third-order valence-electron chi connectivity index (χ3n) is 5.55. The molecule has 3 heterocycles. The molecule has 0 atom stereocenters. The Bertz CT molecular complexity index is 876. The van der Waals surface area contributed by atoms with Gasteiger partial charge in [-0.2, -0.15) is 15.3 Å². The Morgan fingerprint density at radius 2 is 2.14 bits per heavy atom. The minimum atomic E-state index is -0.647. The summed E-state index contributed by atoms with van der Waals surface area (Å²) in [5, 5.41) is 20.1. The molecule has 2 aliphatic rings. The molecule has 0 unspecified atom stereocenters. The molecule has 148 valence electrons. The summed E-state index contributed by atoms with van der Waals surface area (Å²) in [7, 11) is 1.85. The highest BCUT2D eigenvalue weighted by atomic mass is 19.1. The fourth-order valence-corrected chi connectivity index (χ4v) is 3.88. The van der Waals surface area contributed by atoms with E-state index in [1.807, 2.05) is 20.2 Å². The predicted octanol–water partition coefficient (Wildman–Crippen LogP) is 2.07. The van der Waals surface area contributed by atoms with Gasteiger partial charge in [-0.1, -0.05) is 0 Å². The highest BCUT2D eigenvalue weighted by molar-refractivity contribution is 5.57. The number of alkyl halides is 1. The van der Waals surface area contributed by atoms with Crippen molar-refractivity contribution < 1.29 is 4.39 Å². The summed E-state index contributed by atoms with van der Waals surface area (Å²) >= 11 is 0. The van der Waals surface area contributed by atoms with Crippen molar-refractivity contribution in [3.05, 3.63) is 24.2 Å². The zero-order chi connectivity index (χ0) is 19.7. The molecule has 2 aromatic heterocycles. The zero-order valence-corrected chi connectivity index (χ0v) is 16.2. The van der Waals surface area contributed by atoms with E-state index < -0.39 is 6.17 Å². The van der Waals surface area contributed by atoms with Crippen molar-refractivity contribution in [1.29, 1.82) is 5.26 Å².